The largest absolute Gasteiger partial charge is 0.480 e. The monoisotopic (exact) mass is 1680 g/mol. The summed E-state index contributed by atoms with van der Waals surface area (Å²) in [6.07, 6.45) is -4.23. The summed E-state index contributed by atoms with van der Waals surface area (Å²) in [6, 6.07) is 9.17. The minimum Gasteiger partial charge on any atom is -0.480 e. The molecule has 0 bridgehead atoms. The van der Waals surface area contributed by atoms with Crippen LogP contribution in [0.4, 0.5) is 4.79 Å². The fourth-order valence-corrected chi connectivity index (χ4v) is 15.4. The van der Waals surface area contributed by atoms with Gasteiger partial charge in [0.25, 0.3) is 11.8 Å². The van der Waals surface area contributed by atoms with Crippen LogP contribution in [0.5, 0.6) is 5.75 Å². The zero-order chi connectivity index (χ0) is 86.0. The first-order chi connectivity index (χ1) is 56.6. The maximum atomic E-state index is 15.0. The number of amides is 8. The first-order valence-corrected chi connectivity index (χ1v) is 41.1. The average molecular weight is 1680 g/mol. The van der Waals surface area contributed by atoms with Gasteiger partial charge in [-0.2, -0.15) is 0 Å². The zero-order valence-electron chi connectivity index (χ0n) is 69.5. The van der Waals surface area contributed by atoms with Crippen molar-refractivity contribution in [3.8, 4) is 5.75 Å². The molecular formula is C81H122N10O26S. The molecule has 8 amide bonds. The Hall–Kier alpha value is -8.25. The molecule has 2 aromatic carbocycles. The van der Waals surface area contributed by atoms with E-state index in [9.17, 15) is 68.7 Å². The number of carboxylic acids is 1. The van der Waals surface area contributed by atoms with Crippen molar-refractivity contribution in [2.45, 2.75) is 186 Å². The molecular weight excluding hydrogens is 1560 g/mol. The van der Waals surface area contributed by atoms with E-state index in [0.717, 1.165) is 15.4 Å². The molecule has 0 spiro atoms. The molecule has 4 aromatic rings. The van der Waals surface area contributed by atoms with Crippen LogP contribution in [0, 0.1) is 23.7 Å². The third kappa shape index (κ3) is 29.0. The van der Waals surface area contributed by atoms with Gasteiger partial charge in [-0.1, -0.05) is 96.5 Å². The quantitative estimate of drug-likeness (QED) is 0.0232. The lowest BCUT2D eigenvalue weighted by atomic mass is 9.89. The second-order valence-corrected chi connectivity index (χ2v) is 31.1. The topological polar surface area (TPSA) is 445 Å². The number of aliphatic carboxylic acids is 1. The number of rotatable bonds is 55. The molecule has 0 radical (unpaired) electrons. The Morgan fingerprint density at radius 1 is 0.720 bits per heavy atom. The molecule has 3 unspecified atom stereocenters. The number of aromatic nitrogens is 3. The van der Waals surface area contributed by atoms with Gasteiger partial charge < -0.3 is 108 Å². The number of likely N-dealkylation sites (N-methyl/N-ethyl adjacent to an activating group) is 2. The van der Waals surface area contributed by atoms with Crippen LogP contribution in [0.25, 0.3) is 10.1 Å². The van der Waals surface area contributed by atoms with Crippen molar-refractivity contribution < 1.29 is 126 Å². The minimum atomic E-state index is -1.73. The molecule has 8 N–H and O–H groups in total. The summed E-state index contributed by atoms with van der Waals surface area (Å²) in [7, 11) is 5.95. The summed E-state index contributed by atoms with van der Waals surface area (Å²) < 4.78 is 71.1. The molecule has 5 heterocycles. The molecule has 0 saturated carbocycles. The summed E-state index contributed by atoms with van der Waals surface area (Å²) in [5.41, 5.74) is 1.88. The Labute approximate surface area is 692 Å². The summed E-state index contributed by atoms with van der Waals surface area (Å²) >= 11 is 1.28. The fourth-order valence-electron chi connectivity index (χ4n) is 14.2. The van der Waals surface area contributed by atoms with Gasteiger partial charge in [-0.15, -0.1) is 16.4 Å². The van der Waals surface area contributed by atoms with Crippen LogP contribution >= 0.6 is 11.3 Å². The lowest BCUT2D eigenvalue weighted by molar-refractivity contribution is -0.277. The van der Waals surface area contributed by atoms with Crippen molar-refractivity contribution in [2.75, 3.05) is 140 Å². The van der Waals surface area contributed by atoms with E-state index < -0.39 is 127 Å². The number of methoxy groups -OCH3 is 2. The number of likely N-dealkylation sites (tertiary alicyclic amines) is 1. The third-order valence-electron chi connectivity index (χ3n) is 20.9. The van der Waals surface area contributed by atoms with Crippen LogP contribution in [-0.2, 0) is 123 Å². The van der Waals surface area contributed by atoms with Crippen molar-refractivity contribution in [3.05, 3.63) is 88.6 Å². The number of aliphatic hydroxyl groups excluding tert-OH is 4. The summed E-state index contributed by atoms with van der Waals surface area (Å²) in [5, 5.41) is 69.2. The van der Waals surface area contributed by atoms with Crippen molar-refractivity contribution in [2.24, 2.45) is 23.7 Å². The van der Waals surface area contributed by atoms with Gasteiger partial charge in [0.05, 0.1) is 155 Å². The van der Waals surface area contributed by atoms with Gasteiger partial charge in [-0.25, -0.2) is 14.3 Å². The van der Waals surface area contributed by atoms with Crippen LogP contribution in [0.1, 0.15) is 102 Å². The Morgan fingerprint density at radius 3 is 1.95 bits per heavy atom. The summed E-state index contributed by atoms with van der Waals surface area (Å²) in [5.74, 6) is -5.98. The number of imide groups is 1. The van der Waals surface area contributed by atoms with E-state index in [4.69, 9.17) is 56.8 Å². The molecule has 0 aliphatic carbocycles. The molecule has 118 heavy (non-hydrogen) atoms. The van der Waals surface area contributed by atoms with E-state index in [2.05, 4.69) is 26.3 Å². The molecule has 2 aromatic heterocycles. The van der Waals surface area contributed by atoms with Crippen molar-refractivity contribution in [1.82, 2.24) is 50.5 Å². The first kappa shape index (κ1) is 96.9. The Bertz CT molecular complexity index is 3810. The number of aryl methyl sites for hydroxylation is 1. The molecule has 658 valence electrons. The zero-order valence-corrected chi connectivity index (χ0v) is 70.3. The number of thiophene rings is 1. The number of nitrogens with one attached hydrogen (secondary N) is 3. The summed E-state index contributed by atoms with van der Waals surface area (Å²) in [6.45, 7) is 17.3. The van der Waals surface area contributed by atoms with E-state index in [1.54, 1.807) is 93.8 Å². The van der Waals surface area contributed by atoms with E-state index >= 15 is 0 Å². The van der Waals surface area contributed by atoms with E-state index in [1.165, 1.54) is 55.7 Å². The number of benzene rings is 2. The van der Waals surface area contributed by atoms with Crippen LogP contribution < -0.4 is 20.7 Å². The molecule has 2 saturated heterocycles. The lowest BCUT2D eigenvalue weighted by Gasteiger charge is -2.41. The number of hydrogen-bond donors (Lipinski definition) is 8. The highest BCUT2D eigenvalue weighted by atomic mass is 32.1. The number of carboxylic acid groups (broad SMARTS) is 1. The molecule has 3 aliphatic rings. The SMILES string of the molecule is CCC(C)[C@@H](C(CC(=O)N1CCC[C@H]1[C@H](OC)[C@@H](C)C(=O)NC(Cc1ccccc1)C(=O)O)OC)N(C)C(=O)[C@@H](NC(=O)[C@H](C(C)C)N(C)C(=O)OCc1ccc(O[C@@H]2O[C@H](CO)[C@H](O)[C@H](O)[C@H]2O)c2cc(CCC(=O)NCCOCCOCCOCCn3cc(COCCOCCOCCOCCN4C(=O)C=CC4=O)nn3)sc12)C(C)C. The molecule has 37 heteroatoms. The molecule has 14 atom stereocenters. The van der Waals surface area contributed by atoms with Gasteiger partial charge in [0.1, 0.15) is 60.6 Å². The van der Waals surface area contributed by atoms with Crippen LogP contribution in [0.2, 0.25) is 0 Å². The van der Waals surface area contributed by atoms with Crippen molar-refractivity contribution in [3.63, 3.8) is 0 Å². The normalized spacial score (nSPS) is 19.6. The molecule has 36 nitrogen and oxygen atoms in total. The average Bonchev–Trinajstić information content (AvgIpc) is 1.66. The predicted octanol–water partition coefficient (Wildman–Crippen LogP) is 2.43. The van der Waals surface area contributed by atoms with Crippen LogP contribution in [0.15, 0.2) is 66.9 Å². The molecule has 7 rings (SSSR count). The highest BCUT2D eigenvalue weighted by molar-refractivity contribution is 7.19. The fraction of sp³-hybridized carbons (Fsp3) is 0.667. The number of fused-ring (bicyclic) bond motifs is 1. The highest BCUT2D eigenvalue weighted by Crippen LogP contribution is 2.39. The van der Waals surface area contributed by atoms with Gasteiger partial charge in [-0.05, 0) is 54.7 Å². The van der Waals surface area contributed by atoms with Gasteiger partial charge in [0.2, 0.25) is 35.8 Å². The molecule has 3 aliphatic heterocycles. The second kappa shape index (κ2) is 50.1. The Kier molecular flexibility index (Phi) is 41.1. The number of carbonyl (C=O) groups excluding carboxylic acids is 8. The van der Waals surface area contributed by atoms with Gasteiger partial charge in [-0.3, -0.25) is 43.4 Å². The van der Waals surface area contributed by atoms with Crippen LogP contribution in [-0.4, -0.2) is 327 Å². The second-order valence-electron chi connectivity index (χ2n) is 30.0. The Morgan fingerprint density at radius 2 is 1.35 bits per heavy atom. The number of aliphatic hydroxyl groups is 4. The maximum absolute atomic E-state index is 15.0. The van der Waals surface area contributed by atoms with Crippen LogP contribution in [0.3, 0.4) is 0 Å². The number of carbonyl (C=O) groups is 9. The molecule has 2 fully saturated rings. The number of ether oxygens (including phenoxy) is 12. The van der Waals surface area contributed by atoms with Crippen molar-refractivity contribution >= 4 is 74.8 Å². The standard InChI is InChI=1S/C81H122N10O26S/c1-12-52(6)70(62(106-10)45-67(96)90-27-16-19-60(90)74(107-11)53(7)76(100)83-59(79(103)104)43-54-17-14-13-15-18-54)87(8)78(102)68(50(2)3)84-77(101)69(51(4)5)88(9)81(105)115-48-55-20-22-61(116-80-73(99)72(98)71(97)63(47-92)117-80)58-44-57(118-75(55)58)21-23-64(93)82-26-30-108-33-36-111-37-34-109-31-28-89-46-56(85-86-89)49-114-42-41-113-40-39-112-38-35-110-32-29-91-65(94)24-25-66(91)95/h13-15,17-18,20,22,24-25,44,46,50-53,59-60,62-63,68-74,80,92,97-99H,12,16,19,21,23,26-43,45,47-49H2,1-11H3,(H,82,93)(H,83,100)(H,84,101)(H,103,104)/t52?,53-,59?,60+,62?,63-,68+,69+,70+,71+,72+,73-,74-,80-/m1/s1. The maximum Gasteiger partial charge on any atom is 0.410 e. The summed E-state index contributed by atoms with van der Waals surface area (Å²) in [4.78, 5) is 127. The van der Waals surface area contributed by atoms with E-state index in [-0.39, 0.29) is 107 Å². The van der Waals surface area contributed by atoms with Gasteiger partial charge in [0, 0.05) is 86.9 Å². The highest BCUT2D eigenvalue weighted by Gasteiger charge is 2.47. The van der Waals surface area contributed by atoms with E-state index in [0.29, 0.717) is 125 Å². The number of hydrogen-bond acceptors (Lipinski definition) is 28. The Balaban J connectivity index is 0.851. The van der Waals surface area contributed by atoms with Gasteiger partial charge in [0.15, 0.2) is 0 Å². The van der Waals surface area contributed by atoms with Crippen molar-refractivity contribution in [1.29, 1.82) is 0 Å². The smallest absolute Gasteiger partial charge is 0.410 e. The first-order valence-electron chi connectivity index (χ1n) is 40.3. The number of nitrogens with zero attached hydrogens (tertiary/aromatic N) is 7. The third-order valence-corrected chi connectivity index (χ3v) is 22.2. The predicted molar refractivity (Wildman–Crippen MR) is 427 cm³/mol. The minimum absolute atomic E-state index is 0.0652. The lowest BCUT2D eigenvalue weighted by Crippen LogP contribution is -2.60. The van der Waals surface area contributed by atoms with E-state index in [1.807, 2.05) is 19.9 Å². The van der Waals surface area contributed by atoms with Gasteiger partial charge >= 0.3 is 12.1 Å².